The van der Waals surface area contributed by atoms with Crippen molar-refractivity contribution in [3.05, 3.63) is 70.1 Å². The maximum absolute atomic E-state index is 13.9. The molecule has 1 atom stereocenters. The molecule has 0 amide bonds. The third kappa shape index (κ3) is 4.28. The van der Waals surface area contributed by atoms with Crippen LogP contribution in [0.25, 0.3) is 17.0 Å². The quantitative estimate of drug-likeness (QED) is 0.287. The molecule has 4 aromatic rings. The Kier molecular flexibility index (Phi) is 5.97. The number of pyridine rings is 1. The van der Waals surface area contributed by atoms with E-state index in [1.54, 1.807) is 6.92 Å². The van der Waals surface area contributed by atoms with E-state index in [0.717, 1.165) is 6.07 Å². The van der Waals surface area contributed by atoms with E-state index in [-0.39, 0.29) is 40.5 Å². The van der Waals surface area contributed by atoms with E-state index in [9.17, 15) is 30.7 Å². The number of nitrogens with two attached hydrogens (primary N) is 1. The van der Waals surface area contributed by atoms with Crippen LogP contribution in [-0.2, 0) is 11.8 Å². The number of rotatable bonds is 5. The van der Waals surface area contributed by atoms with Gasteiger partial charge in [0.2, 0.25) is 0 Å². The third-order valence-electron chi connectivity index (χ3n) is 6.56. The largest absolute Gasteiger partial charge is 0.453 e. The number of benzene rings is 1. The SMILES string of the molecule is CC1(c2cc(F)cc(F)c2)CNc2nc(-c3nc(CCC(F)(F)C(F)(F)F)n4cc(Cl)ccc34)nc(N)c21. The molecule has 1 aliphatic heterocycles. The van der Waals surface area contributed by atoms with Crippen molar-refractivity contribution in [2.45, 2.75) is 37.3 Å². The van der Waals surface area contributed by atoms with Gasteiger partial charge in [-0.2, -0.15) is 22.0 Å². The first-order valence-electron chi connectivity index (χ1n) is 11.2. The summed E-state index contributed by atoms with van der Waals surface area (Å²) >= 11 is 6.03. The number of aryl methyl sites for hydroxylation is 1. The van der Waals surface area contributed by atoms with E-state index >= 15 is 0 Å². The Bertz CT molecular complexity index is 1550. The first-order valence-corrected chi connectivity index (χ1v) is 11.6. The molecule has 0 aliphatic carbocycles. The number of halogens is 8. The average Bonchev–Trinajstić information content (AvgIpc) is 3.35. The smallest absolute Gasteiger partial charge is 0.383 e. The molecule has 0 spiro atoms. The molecular formula is C24H18ClF7N6. The summed E-state index contributed by atoms with van der Waals surface area (Å²) in [6.07, 6.45) is -6.63. The Morgan fingerprint density at radius 1 is 1.05 bits per heavy atom. The lowest BCUT2D eigenvalue weighted by molar-refractivity contribution is -0.284. The summed E-state index contributed by atoms with van der Waals surface area (Å²) in [5.41, 5.74) is 6.36. The van der Waals surface area contributed by atoms with Crippen molar-refractivity contribution in [2.24, 2.45) is 0 Å². The minimum absolute atomic E-state index is 0.0255. The molecule has 3 N–H and O–H groups in total. The van der Waals surface area contributed by atoms with E-state index in [0.29, 0.717) is 16.6 Å². The number of imidazole rings is 1. The molecule has 6 nitrogen and oxygen atoms in total. The van der Waals surface area contributed by atoms with Gasteiger partial charge in [-0.15, -0.1) is 0 Å². The molecule has 4 heterocycles. The van der Waals surface area contributed by atoms with E-state index in [2.05, 4.69) is 20.3 Å². The summed E-state index contributed by atoms with van der Waals surface area (Å²) in [7, 11) is 0. The Hall–Kier alpha value is -3.61. The number of hydrogen-bond acceptors (Lipinski definition) is 5. The normalized spacial score (nSPS) is 17.6. The third-order valence-corrected chi connectivity index (χ3v) is 6.78. The molecule has 1 aromatic carbocycles. The topological polar surface area (TPSA) is 81.1 Å². The van der Waals surface area contributed by atoms with Gasteiger partial charge < -0.3 is 15.5 Å². The van der Waals surface area contributed by atoms with Crippen LogP contribution in [0.1, 0.15) is 30.3 Å². The van der Waals surface area contributed by atoms with Gasteiger partial charge in [-0.3, -0.25) is 0 Å². The van der Waals surface area contributed by atoms with Crippen molar-refractivity contribution in [1.82, 2.24) is 19.4 Å². The Labute approximate surface area is 215 Å². The van der Waals surface area contributed by atoms with Crippen molar-refractivity contribution in [3.8, 4) is 11.5 Å². The molecular weight excluding hydrogens is 541 g/mol. The monoisotopic (exact) mass is 558 g/mol. The van der Waals surface area contributed by atoms with Crippen molar-refractivity contribution < 1.29 is 30.7 Å². The Morgan fingerprint density at radius 3 is 2.39 bits per heavy atom. The second-order valence-corrected chi connectivity index (χ2v) is 9.62. The van der Waals surface area contributed by atoms with Gasteiger partial charge in [0.15, 0.2) is 5.82 Å². The van der Waals surface area contributed by atoms with Gasteiger partial charge in [-0.1, -0.05) is 11.6 Å². The van der Waals surface area contributed by atoms with Crippen molar-refractivity contribution in [3.63, 3.8) is 0 Å². The predicted octanol–water partition coefficient (Wildman–Crippen LogP) is 6.17. The number of nitrogens with zero attached hydrogens (tertiary/aromatic N) is 4. The van der Waals surface area contributed by atoms with Crippen molar-refractivity contribution in [1.29, 1.82) is 0 Å². The predicted molar refractivity (Wildman–Crippen MR) is 126 cm³/mol. The summed E-state index contributed by atoms with van der Waals surface area (Å²) < 4.78 is 94.5. The van der Waals surface area contributed by atoms with Crippen LogP contribution in [-0.4, -0.2) is 38.0 Å². The van der Waals surface area contributed by atoms with Gasteiger partial charge in [0.05, 0.1) is 10.5 Å². The molecule has 1 aliphatic rings. The van der Waals surface area contributed by atoms with Gasteiger partial charge in [0, 0.05) is 42.6 Å². The summed E-state index contributed by atoms with van der Waals surface area (Å²) in [4.78, 5) is 13.0. The average molecular weight is 559 g/mol. The lowest BCUT2D eigenvalue weighted by Crippen LogP contribution is -2.36. The molecule has 5 rings (SSSR count). The molecule has 0 saturated heterocycles. The van der Waals surface area contributed by atoms with E-state index in [4.69, 9.17) is 17.3 Å². The highest BCUT2D eigenvalue weighted by molar-refractivity contribution is 6.30. The van der Waals surface area contributed by atoms with Crippen LogP contribution in [0.3, 0.4) is 0 Å². The van der Waals surface area contributed by atoms with Gasteiger partial charge in [0.1, 0.15) is 34.8 Å². The van der Waals surface area contributed by atoms with E-state index in [1.165, 1.54) is 34.9 Å². The molecule has 0 bridgehead atoms. The van der Waals surface area contributed by atoms with Crippen molar-refractivity contribution in [2.75, 3.05) is 17.6 Å². The number of nitrogen functional groups attached to an aromatic ring is 1. The summed E-state index contributed by atoms with van der Waals surface area (Å²) in [5, 5.41) is 3.24. The Morgan fingerprint density at radius 2 is 1.74 bits per heavy atom. The number of hydrogen-bond donors (Lipinski definition) is 2. The van der Waals surface area contributed by atoms with Crippen molar-refractivity contribution >= 4 is 28.8 Å². The molecule has 14 heteroatoms. The summed E-state index contributed by atoms with van der Waals surface area (Å²) in [6.45, 7) is 1.90. The van der Waals surface area contributed by atoms with Crippen LogP contribution < -0.4 is 11.1 Å². The maximum atomic E-state index is 13.9. The van der Waals surface area contributed by atoms with Crippen LogP contribution >= 0.6 is 11.6 Å². The summed E-state index contributed by atoms with van der Waals surface area (Å²) in [6, 6.07) is 6.10. The highest BCUT2D eigenvalue weighted by Gasteiger charge is 2.56. The zero-order chi connectivity index (χ0) is 27.6. The molecule has 200 valence electrons. The minimum atomic E-state index is -5.71. The highest BCUT2D eigenvalue weighted by Crippen LogP contribution is 2.45. The first kappa shape index (κ1) is 26.0. The zero-order valence-electron chi connectivity index (χ0n) is 19.5. The molecule has 0 saturated carbocycles. The summed E-state index contributed by atoms with van der Waals surface area (Å²) in [5.74, 6) is -6.36. The fourth-order valence-corrected chi connectivity index (χ4v) is 4.76. The molecule has 0 fully saturated rings. The second-order valence-electron chi connectivity index (χ2n) is 9.18. The number of anilines is 2. The maximum Gasteiger partial charge on any atom is 0.453 e. The van der Waals surface area contributed by atoms with E-state index < -0.39 is 42.0 Å². The molecule has 38 heavy (non-hydrogen) atoms. The highest BCUT2D eigenvalue weighted by atomic mass is 35.5. The fraction of sp³-hybridized carbons (Fsp3) is 0.292. The van der Waals surface area contributed by atoms with Crippen LogP contribution in [0.2, 0.25) is 5.02 Å². The zero-order valence-corrected chi connectivity index (χ0v) is 20.2. The molecule has 3 aromatic heterocycles. The Balaban J connectivity index is 1.58. The van der Waals surface area contributed by atoms with Gasteiger partial charge in [-0.25, -0.2) is 23.7 Å². The van der Waals surface area contributed by atoms with Gasteiger partial charge in [0.25, 0.3) is 0 Å². The molecule has 0 radical (unpaired) electrons. The van der Waals surface area contributed by atoms with E-state index in [1.807, 2.05) is 0 Å². The van der Waals surface area contributed by atoms with Gasteiger partial charge >= 0.3 is 12.1 Å². The number of aromatic nitrogens is 4. The first-order chi connectivity index (χ1) is 17.7. The number of alkyl halides is 5. The van der Waals surface area contributed by atoms with Crippen LogP contribution in [0.4, 0.5) is 42.4 Å². The molecule has 1 unspecified atom stereocenters. The lowest BCUT2D eigenvalue weighted by Gasteiger charge is -2.25. The number of fused-ring (bicyclic) bond motifs is 2. The van der Waals surface area contributed by atoms with Crippen LogP contribution in [0.5, 0.6) is 0 Å². The number of nitrogens with one attached hydrogen (secondary N) is 1. The van der Waals surface area contributed by atoms with Gasteiger partial charge in [-0.05, 0) is 36.8 Å². The standard InChI is InChI=1S/C24H18ClF7N6/c1-22(11-6-13(26)8-14(27)7-11)10-34-20-17(22)19(33)36-21(37-20)18-15-3-2-12(25)9-38(15)16(35-18)4-5-23(28,29)24(30,31)32/h2-3,6-9H,4-5,10H2,1H3,(H3,33,34,36,37). The fourth-order valence-electron chi connectivity index (χ4n) is 4.60. The van der Waals surface area contributed by atoms with Crippen LogP contribution in [0, 0.1) is 11.6 Å². The lowest BCUT2D eigenvalue weighted by atomic mass is 9.78. The minimum Gasteiger partial charge on any atom is -0.383 e. The second kappa shape index (κ2) is 8.72. The van der Waals surface area contributed by atoms with Crippen LogP contribution in [0.15, 0.2) is 36.5 Å².